The maximum Gasteiger partial charge on any atom is 1.00 e. The molecule has 0 bridgehead atoms. The van der Waals surface area contributed by atoms with Gasteiger partial charge < -0.3 is 15.2 Å². The summed E-state index contributed by atoms with van der Waals surface area (Å²) in [6, 6.07) is 5.58. The van der Waals surface area contributed by atoms with Crippen molar-refractivity contribution in [2.24, 2.45) is 5.92 Å². The van der Waals surface area contributed by atoms with Crippen molar-refractivity contribution in [3.05, 3.63) is 35.4 Å². The molecule has 1 unspecified atom stereocenters. The van der Waals surface area contributed by atoms with Crippen LogP contribution in [0.15, 0.2) is 24.3 Å². The summed E-state index contributed by atoms with van der Waals surface area (Å²) in [5, 5.41) is 13.4. The van der Waals surface area contributed by atoms with E-state index >= 15 is 0 Å². The van der Waals surface area contributed by atoms with Crippen LogP contribution < -0.4 is 40.0 Å². The number of halogens is 3. The second-order valence-corrected chi connectivity index (χ2v) is 5.54. The first-order valence-corrected chi connectivity index (χ1v) is 6.82. The van der Waals surface area contributed by atoms with E-state index in [9.17, 15) is 27.9 Å². The average molecular weight is 337 g/mol. The van der Waals surface area contributed by atoms with Crippen molar-refractivity contribution in [3.63, 3.8) is 0 Å². The van der Waals surface area contributed by atoms with Gasteiger partial charge in [0.05, 0.1) is 5.92 Å². The molecule has 1 aromatic rings. The fourth-order valence-electron chi connectivity index (χ4n) is 2.30. The molecule has 0 aromatic heterocycles. The molecule has 2 rings (SSSR count). The molecule has 0 aliphatic heterocycles. The third kappa shape index (κ3) is 5.51. The molecule has 1 saturated carbocycles. The molecule has 1 fully saturated rings. The summed E-state index contributed by atoms with van der Waals surface area (Å²) in [6.45, 7) is 1.83. The van der Waals surface area contributed by atoms with E-state index in [1.54, 1.807) is 24.3 Å². The second kappa shape index (κ2) is 7.68. The van der Waals surface area contributed by atoms with Gasteiger partial charge in [-0.2, -0.15) is 13.2 Å². The van der Waals surface area contributed by atoms with E-state index < -0.39 is 42.4 Å². The Bertz CT molecular complexity index is 574. The van der Waals surface area contributed by atoms with Crippen molar-refractivity contribution < 1.29 is 57.4 Å². The molecule has 0 radical (unpaired) electrons. The van der Waals surface area contributed by atoms with Gasteiger partial charge in [-0.15, -0.1) is 0 Å². The number of hydrogen-bond donors (Lipinski definition) is 1. The van der Waals surface area contributed by atoms with E-state index in [2.05, 4.69) is 5.32 Å². The number of aliphatic carboxylic acids is 1. The van der Waals surface area contributed by atoms with Crippen molar-refractivity contribution in [2.75, 3.05) is 0 Å². The van der Waals surface area contributed by atoms with E-state index in [0.29, 0.717) is 5.56 Å². The molecular weight excluding hydrogens is 322 g/mol. The van der Waals surface area contributed by atoms with Gasteiger partial charge in [0.15, 0.2) is 0 Å². The molecular formula is C15H15F3NNaO3. The van der Waals surface area contributed by atoms with Crippen LogP contribution in [0.5, 0.6) is 0 Å². The zero-order valence-corrected chi connectivity index (χ0v) is 14.8. The van der Waals surface area contributed by atoms with E-state index in [4.69, 9.17) is 0 Å². The Hall–Kier alpha value is -1.05. The quantitative estimate of drug-likeness (QED) is 0.651. The minimum Gasteiger partial charge on any atom is -0.549 e. The van der Waals surface area contributed by atoms with Crippen LogP contribution >= 0.6 is 0 Å². The Morgan fingerprint density at radius 3 is 2.30 bits per heavy atom. The fraction of sp³-hybridized carbons (Fsp3) is 0.467. The molecule has 1 amide bonds. The Morgan fingerprint density at radius 2 is 1.87 bits per heavy atom. The first-order valence-electron chi connectivity index (χ1n) is 6.82. The van der Waals surface area contributed by atoms with Crippen LogP contribution in [0.3, 0.4) is 0 Å². The zero-order chi connectivity index (χ0) is 16.5. The summed E-state index contributed by atoms with van der Waals surface area (Å²) >= 11 is 0. The van der Waals surface area contributed by atoms with E-state index in [1.165, 1.54) is 0 Å². The second-order valence-electron chi connectivity index (χ2n) is 5.54. The summed E-state index contributed by atoms with van der Waals surface area (Å²) in [6.07, 6.45) is -4.93. The standard InChI is InChI=1S/C15H16F3NO3.Na/c1-8-2-4-9(5-3-8)10(14(21)22)6-13(20)19-12-7-11(12)15(16,17)18;/h2-5,10-12H,6-7H2,1H3,(H,19,20)(H,21,22);/q;+1/p-1/t10?,11-,12-;/m1./s1. The number of nitrogens with one attached hydrogen (secondary N) is 1. The predicted octanol–water partition coefficient (Wildman–Crippen LogP) is -1.71. The molecule has 1 aliphatic rings. The maximum atomic E-state index is 12.4. The molecule has 8 heteroatoms. The Balaban J connectivity index is 0.00000264. The van der Waals surface area contributed by atoms with Gasteiger partial charge >= 0.3 is 35.7 Å². The fourth-order valence-corrected chi connectivity index (χ4v) is 2.30. The van der Waals surface area contributed by atoms with Gasteiger partial charge in [0.2, 0.25) is 5.91 Å². The molecule has 0 spiro atoms. The summed E-state index contributed by atoms with van der Waals surface area (Å²) in [4.78, 5) is 22.9. The molecule has 1 aromatic carbocycles. The summed E-state index contributed by atoms with van der Waals surface area (Å²) < 4.78 is 37.1. The molecule has 4 nitrogen and oxygen atoms in total. The third-order valence-corrected chi connectivity index (χ3v) is 3.71. The number of benzene rings is 1. The molecule has 120 valence electrons. The van der Waals surface area contributed by atoms with Gasteiger partial charge in [0.1, 0.15) is 0 Å². The van der Waals surface area contributed by atoms with Gasteiger partial charge in [-0.3, -0.25) is 4.79 Å². The minimum absolute atomic E-state index is 0. The van der Waals surface area contributed by atoms with E-state index in [0.717, 1.165) is 5.56 Å². The number of carbonyl (C=O) groups is 2. The SMILES string of the molecule is Cc1ccc(C(CC(=O)N[C@@H]2C[C@H]2C(F)(F)F)C(=O)[O-])cc1.[Na+]. The third-order valence-electron chi connectivity index (χ3n) is 3.71. The van der Waals surface area contributed by atoms with Crippen LogP contribution in [-0.4, -0.2) is 24.1 Å². The summed E-state index contributed by atoms with van der Waals surface area (Å²) in [5.74, 6) is -4.85. The van der Waals surface area contributed by atoms with Crippen LogP contribution in [0.1, 0.15) is 29.9 Å². The number of aryl methyl sites for hydroxylation is 1. The van der Waals surface area contributed by atoms with Gasteiger partial charge in [0.25, 0.3) is 0 Å². The van der Waals surface area contributed by atoms with Crippen molar-refractivity contribution in [1.82, 2.24) is 5.32 Å². The van der Waals surface area contributed by atoms with Crippen LogP contribution in [0.4, 0.5) is 13.2 Å². The van der Waals surface area contributed by atoms with Crippen LogP contribution in [0, 0.1) is 12.8 Å². The smallest absolute Gasteiger partial charge is 0.549 e. The molecule has 1 aliphatic carbocycles. The van der Waals surface area contributed by atoms with E-state index in [1.807, 2.05) is 6.92 Å². The van der Waals surface area contributed by atoms with Crippen LogP contribution in [0.2, 0.25) is 0 Å². The number of carboxylic acid groups (broad SMARTS) is 1. The summed E-state index contributed by atoms with van der Waals surface area (Å²) in [7, 11) is 0. The minimum atomic E-state index is -4.33. The van der Waals surface area contributed by atoms with Crippen molar-refractivity contribution in [2.45, 2.75) is 37.9 Å². The van der Waals surface area contributed by atoms with E-state index in [-0.39, 0.29) is 36.0 Å². The van der Waals surface area contributed by atoms with Gasteiger partial charge in [-0.05, 0) is 18.9 Å². The average Bonchev–Trinajstić information content (AvgIpc) is 3.16. The molecule has 1 N–H and O–H groups in total. The first kappa shape index (κ1) is 20.0. The number of carbonyl (C=O) groups excluding carboxylic acids is 2. The largest absolute Gasteiger partial charge is 1.00 e. The molecule has 0 heterocycles. The number of alkyl halides is 3. The molecule has 23 heavy (non-hydrogen) atoms. The molecule has 0 saturated heterocycles. The van der Waals surface area contributed by atoms with Gasteiger partial charge in [0, 0.05) is 24.3 Å². The molecule has 3 atom stereocenters. The predicted molar refractivity (Wildman–Crippen MR) is 69.6 cm³/mol. The maximum absolute atomic E-state index is 12.4. The number of amides is 1. The van der Waals surface area contributed by atoms with Crippen molar-refractivity contribution >= 4 is 11.9 Å². The number of rotatable bonds is 5. The normalized spacial score (nSPS) is 21.0. The Kier molecular flexibility index (Phi) is 6.68. The number of carboxylic acids is 1. The Morgan fingerprint density at radius 1 is 1.30 bits per heavy atom. The van der Waals surface area contributed by atoms with Gasteiger partial charge in [-0.25, -0.2) is 0 Å². The summed E-state index contributed by atoms with van der Waals surface area (Å²) in [5.41, 5.74) is 1.32. The van der Waals surface area contributed by atoms with Crippen molar-refractivity contribution in [3.8, 4) is 0 Å². The topological polar surface area (TPSA) is 69.2 Å². The first-order chi connectivity index (χ1) is 10.2. The van der Waals surface area contributed by atoms with Gasteiger partial charge in [-0.1, -0.05) is 29.8 Å². The van der Waals surface area contributed by atoms with Crippen LogP contribution in [0.25, 0.3) is 0 Å². The zero-order valence-electron chi connectivity index (χ0n) is 12.8. The Labute approximate surface area is 153 Å². The van der Waals surface area contributed by atoms with Crippen LogP contribution in [-0.2, 0) is 9.59 Å². The number of hydrogen-bond acceptors (Lipinski definition) is 3. The van der Waals surface area contributed by atoms with Crippen molar-refractivity contribution in [1.29, 1.82) is 0 Å². The monoisotopic (exact) mass is 337 g/mol.